The number of ether oxygens (including phenoxy) is 1. The standard InChI is InChI=1S/C22H24F5N3O2/c1-15(31)32-10-7-17-14-29(13-16-5-3-2-4-6-16)8-9-30(17)20-11-18(21(23)24)19(12-28-20)22(25,26)27/h2-6,11-12,17,21H,7-10,13-14H2,1H3/t17-/m0/s1. The lowest BCUT2D eigenvalue weighted by molar-refractivity contribution is -0.141. The summed E-state index contributed by atoms with van der Waals surface area (Å²) in [5, 5.41) is 0. The molecule has 1 saturated heterocycles. The molecule has 0 N–H and O–H groups in total. The zero-order valence-corrected chi connectivity index (χ0v) is 17.5. The highest BCUT2D eigenvalue weighted by molar-refractivity contribution is 5.65. The molecule has 0 saturated carbocycles. The Bertz CT molecular complexity index is 908. The third-order valence-corrected chi connectivity index (χ3v) is 5.33. The van der Waals surface area contributed by atoms with E-state index in [1.807, 2.05) is 30.3 Å². The van der Waals surface area contributed by atoms with Gasteiger partial charge in [0.25, 0.3) is 6.43 Å². The molecule has 1 atom stereocenters. The first kappa shape index (κ1) is 23.9. The molecule has 174 valence electrons. The number of halogens is 5. The molecule has 0 amide bonds. The number of piperazine rings is 1. The van der Waals surface area contributed by atoms with Crippen LogP contribution in [-0.2, 0) is 22.3 Å². The molecule has 0 aliphatic carbocycles. The van der Waals surface area contributed by atoms with Crippen molar-refractivity contribution in [3.63, 3.8) is 0 Å². The van der Waals surface area contributed by atoms with Gasteiger partial charge in [0.2, 0.25) is 0 Å². The minimum absolute atomic E-state index is 0.0560. The lowest BCUT2D eigenvalue weighted by Crippen LogP contribution is -2.53. The maximum atomic E-state index is 13.4. The average molecular weight is 457 g/mol. The summed E-state index contributed by atoms with van der Waals surface area (Å²) in [6.07, 6.45) is -7.35. The van der Waals surface area contributed by atoms with E-state index in [1.165, 1.54) is 6.92 Å². The van der Waals surface area contributed by atoms with Crippen molar-refractivity contribution < 1.29 is 31.5 Å². The van der Waals surface area contributed by atoms with E-state index in [2.05, 4.69) is 9.88 Å². The fraction of sp³-hybridized carbons (Fsp3) is 0.455. The number of aromatic nitrogens is 1. The third kappa shape index (κ3) is 6.15. The molecule has 1 aromatic heterocycles. The highest BCUT2D eigenvalue weighted by Gasteiger charge is 2.37. The van der Waals surface area contributed by atoms with Crippen molar-refractivity contribution >= 4 is 11.8 Å². The largest absolute Gasteiger partial charge is 0.466 e. The van der Waals surface area contributed by atoms with Crippen LogP contribution in [-0.4, -0.2) is 48.1 Å². The number of carbonyl (C=O) groups excluding carboxylic acids is 1. The van der Waals surface area contributed by atoms with Crippen LogP contribution in [0.3, 0.4) is 0 Å². The summed E-state index contributed by atoms with van der Waals surface area (Å²) < 4.78 is 71.2. The molecule has 0 radical (unpaired) electrons. The van der Waals surface area contributed by atoms with Crippen molar-refractivity contribution in [2.75, 3.05) is 31.1 Å². The maximum Gasteiger partial charge on any atom is 0.418 e. The number of hydrogen-bond acceptors (Lipinski definition) is 5. The molecular formula is C22H24F5N3O2. The number of hydrogen-bond donors (Lipinski definition) is 0. The van der Waals surface area contributed by atoms with Gasteiger partial charge in [0.05, 0.1) is 12.2 Å². The Balaban J connectivity index is 1.83. The van der Waals surface area contributed by atoms with Crippen LogP contribution in [0.1, 0.15) is 36.5 Å². The maximum absolute atomic E-state index is 13.4. The van der Waals surface area contributed by atoms with Gasteiger partial charge in [0, 0.05) is 57.3 Å². The first-order valence-electron chi connectivity index (χ1n) is 10.2. The first-order chi connectivity index (χ1) is 15.1. The molecule has 0 bridgehead atoms. The van der Waals surface area contributed by atoms with Gasteiger partial charge in [0.15, 0.2) is 0 Å². The van der Waals surface area contributed by atoms with Gasteiger partial charge in [-0.1, -0.05) is 30.3 Å². The Hall–Kier alpha value is -2.75. The van der Waals surface area contributed by atoms with Crippen LogP contribution in [0, 0.1) is 0 Å². The fourth-order valence-electron chi connectivity index (χ4n) is 3.83. The minimum atomic E-state index is -4.92. The van der Waals surface area contributed by atoms with E-state index in [9.17, 15) is 26.7 Å². The molecule has 10 heteroatoms. The molecule has 3 rings (SSSR count). The Kier molecular flexibility index (Phi) is 7.65. The Morgan fingerprint density at radius 3 is 2.56 bits per heavy atom. The second kappa shape index (κ2) is 10.2. The molecule has 2 aromatic rings. The number of rotatable bonds is 7. The normalized spacial score (nSPS) is 17.6. The molecule has 1 aliphatic rings. The quantitative estimate of drug-likeness (QED) is 0.446. The molecule has 5 nitrogen and oxygen atoms in total. The highest BCUT2D eigenvalue weighted by Crippen LogP contribution is 2.37. The molecule has 0 spiro atoms. The minimum Gasteiger partial charge on any atom is -0.466 e. The summed E-state index contributed by atoms with van der Waals surface area (Å²) in [7, 11) is 0. The highest BCUT2D eigenvalue weighted by atomic mass is 19.4. The SMILES string of the molecule is CC(=O)OCC[C@H]1CN(Cc2ccccc2)CCN1c1cc(C(F)F)c(C(F)(F)F)cn1. The van der Waals surface area contributed by atoms with Gasteiger partial charge >= 0.3 is 12.1 Å². The van der Waals surface area contributed by atoms with E-state index in [4.69, 9.17) is 4.74 Å². The summed E-state index contributed by atoms with van der Waals surface area (Å²) in [5.41, 5.74) is -1.42. The van der Waals surface area contributed by atoms with Gasteiger partial charge in [-0.2, -0.15) is 13.2 Å². The lowest BCUT2D eigenvalue weighted by atomic mass is 10.1. The Morgan fingerprint density at radius 1 is 1.22 bits per heavy atom. The van der Waals surface area contributed by atoms with E-state index in [0.717, 1.165) is 11.6 Å². The van der Waals surface area contributed by atoms with Crippen LogP contribution >= 0.6 is 0 Å². The van der Waals surface area contributed by atoms with Crippen molar-refractivity contribution in [3.8, 4) is 0 Å². The summed E-state index contributed by atoms with van der Waals surface area (Å²) in [6, 6.07) is 10.3. The van der Waals surface area contributed by atoms with Crippen molar-refractivity contribution in [2.45, 2.75) is 38.5 Å². The number of esters is 1. The molecular weight excluding hydrogens is 433 g/mol. The van der Waals surface area contributed by atoms with E-state index < -0.39 is 29.7 Å². The third-order valence-electron chi connectivity index (χ3n) is 5.33. The van der Waals surface area contributed by atoms with Gasteiger partial charge in [-0.05, 0) is 11.6 Å². The number of carbonyl (C=O) groups is 1. The number of nitrogens with zero attached hydrogens (tertiary/aromatic N) is 3. The summed E-state index contributed by atoms with van der Waals surface area (Å²) in [4.78, 5) is 18.9. The zero-order valence-electron chi connectivity index (χ0n) is 17.5. The average Bonchev–Trinajstić information content (AvgIpc) is 2.73. The van der Waals surface area contributed by atoms with Gasteiger partial charge in [0.1, 0.15) is 5.82 Å². The van der Waals surface area contributed by atoms with E-state index >= 15 is 0 Å². The number of anilines is 1. The van der Waals surface area contributed by atoms with Crippen molar-refractivity contribution in [1.29, 1.82) is 0 Å². The molecule has 1 aromatic carbocycles. The second-order valence-corrected chi connectivity index (χ2v) is 7.62. The summed E-state index contributed by atoms with van der Waals surface area (Å²) in [5.74, 6) is -0.387. The van der Waals surface area contributed by atoms with Crippen molar-refractivity contribution in [2.24, 2.45) is 0 Å². The van der Waals surface area contributed by atoms with Gasteiger partial charge in [-0.25, -0.2) is 13.8 Å². The number of benzene rings is 1. The van der Waals surface area contributed by atoms with Gasteiger partial charge < -0.3 is 9.64 Å². The Morgan fingerprint density at radius 2 is 1.94 bits per heavy atom. The molecule has 32 heavy (non-hydrogen) atoms. The fourth-order valence-corrected chi connectivity index (χ4v) is 3.83. The van der Waals surface area contributed by atoms with E-state index in [1.54, 1.807) is 4.90 Å². The monoisotopic (exact) mass is 457 g/mol. The molecule has 1 fully saturated rings. The summed E-state index contributed by atoms with van der Waals surface area (Å²) in [6.45, 7) is 3.54. The first-order valence-corrected chi connectivity index (χ1v) is 10.2. The van der Waals surface area contributed by atoms with Crippen molar-refractivity contribution in [3.05, 3.63) is 59.3 Å². The van der Waals surface area contributed by atoms with E-state index in [0.29, 0.717) is 38.8 Å². The van der Waals surface area contributed by atoms with Crippen LogP contribution < -0.4 is 4.90 Å². The van der Waals surface area contributed by atoms with E-state index in [-0.39, 0.29) is 18.5 Å². The van der Waals surface area contributed by atoms with Crippen LogP contribution in [0.5, 0.6) is 0 Å². The van der Waals surface area contributed by atoms with Crippen LogP contribution in [0.4, 0.5) is 27.8 Å². The van der Waals surface area contributed by atoms with Gasteiger partial charge in [-0.3, -0.25) is 9.69 Å². The van der Waals surface area contributed by atoms with Crippen LogP contribution in [0.15, 0.2) is 42.6 Å². The summed E-state index contributed by atoms with van der Waals surface area (Å²) >= 11 is 0. The lowest BCUT2D eigenvalue weighted by Gasteiger charge is -2.42. The second-order valence-electron chi connectivity index (χ2n) is 7.62. The molecule has 1 aliphatic heterocycles. The number of alkyl halides is 5. The predicted molar refractivity (Wildman–Crippen MR) is 108 cm³/mol. The molecule has 2 heterocycles. The molecule has 0 unspecified atom stereocenters. The van der Waals surface area contributed by atoms with Crippen LogP contribution in [0.25, 0.3) is 0 Å². The van der Waals surface area contributed by atoms with Crippen LogP contribution in [0.2, 0.25) is 0 Å². The predicted octanol–water partition coefficient (Wildman–Crippen LogP) is 4.68. The smallest absolute Gasteiger partial charge is 0.418 e. The van der Waals surface area contributed by atoms with Gasteiger partial charge in [-0.15, -0.1) is 0 Å². The number of pyridine rings is 1. The zero-order chi connectivity index (χ0) is 23.3. The Labute approximate surface area is 182 Å². The van der Waals surface area contributed by atoms with Crippen molar-refractivity contribution in [1.82, 2.24) is 9.88 Å². The topological polar surface area (TPSA) is 45.7 Å².